The van der Waals surface area contributed by atoms with Crippen molar-refractivity contribution in [3.8, 4) is 0 Å². The Morgan fingerprint density at radius 3 is 2.20 bits per heavy atom. The van der Waals surface area contributed by atoms with E-state index in [1.54, 1.807) is 0 Å². The summed E-state index contributed by atoms with van der Waals surface area (Å²) in [5, 5.41) is 0. The van der Waals surface area contributed by atoms with E-state index in [0.29, 0.717) is 0 Å². The maximum Gasteiger partial charge on any atom is 0.310 e. The second-order valence-electron chi connectivity index (χ2n) is 7.98. The number of esters is 2. The lowest BCUT2D eigenvalue weighted by Gasteiger charge is -2.38. The minimum atomic E-state index is -0.357. The Balaban J connectivity index is 1.93. The molecule has 2 aromatic rings. The van der Waals surface area contributed by atoms with Crippen LogP contribution in [0.2, 0.25) is 0 Å². The van der Waals surface area contributed by atoms with Crippen molar-refractivity contribution in [2.45, 2.75) is 44.8 Å². The van der Waals surface area contributed by atoms with Crippen molar-refractivity contribution < 1.29 is 19.1 Å². The zero-order valence-electron chi connectivity index (χ0n) is 18.0. The minimum absolute atomic E-state index is 0.0116. The molecule has 0 unspecified atom stereocenters. The van der Waals surface area contributed by atoms with Crippen LogP contribution in [0.25, 0.3) is 0 Å². The predicted octanol–water partition coefficient (Wildman–Crippen LogP) is 4.38. The molecular formula is C25H31NO4. The lowest BCUT2D eigenvalue weighted by atomic mass is 9.89. The van der Waals surface area contributed by atoms with Gasteiger partial charge in [0, 0.05) is 25.0 Å². The molecule has 5 nitrogen and oxygen atoms in total. The normalized spacial score (nSPS) is 21.9. The van der Waals surface area contributed by atoms with E-state index in [1.807, 2.05) is 36.4 Å². The number of hydrogen-bond donors (Lipinski definition) is 0. The highest BCUT2D eigenvalue weighted by Crippen LogP contribution is 2.42. The molecule has 4 atom stereocenters. The van der Waals surface area contributed by atoms with E-state index < -0.39 is 0 Å². The summed E-state index contributed by atoms with van der Waals surface area (Å²) < 4.78 is 10.1. The van der Waals surface area contributed by atoms with Gasteiger partial charge in [-0.25, -0.2) is 0 Å². The van der Waals surface area contributed by atoms with Gasteiger partial charge in [-0.3, -0.25) is 14.5 Å². The van der Waals surface area contributed by atoms with Crippen molar-refractivity contribution >= 4 is 11.9 Å². The van der Waals surface area contributed by atoms with Gasteiger partial charge in [0.1, 0.15) is 0 Å². The zero-order valence-corrected chi connectivity index (χ0v) is 18.0. The summed E-state index contributed by atoms with van der Waals surface area (Å²) in [4.78, 5) is 27.2. The van der Waals surface area contributed by atoms with E-state index >= 15 is 0 Å². The fraction of sp³-hybridized carbons (Fsp3) is 0.440. The first-order valence-corrected chi connectivity index (χ1v) is 10.5. The second-order valence-corrected chi connectivity index (χ2v) is 7.98. The quantitative estimate of drug-likeness (QED) is 0.606. The number of ether oxygens (including phenoxy) is 2. The number of carbonyl (C=O) groups is 2. The van der Waals surface area contributed by atoms with Gasteiger partial charge in [0.2, 0.25) is 0 Å². The molecule has 0 N–H and O–H groups in total. The summed E-state index contributed by atoms with van der Waals surface area (Å²) >= 11 is 0. The molecule has 0 aliphatic heterocycles. The molecule has 160 valence electrons. The average Bonchev–Trinajstić information content (AvgIpc) is 3.20. The molecule has 0 radical (unpaired) electrons. The highest BCUT2D eigenvalue weighted by atomic mass is 16.5. The van der Waals surface area contributed by atoms with Crippen LogP contribution in [0.4, 0.5) is 0 Å². The Bertz CT molecular complexity index is 824. The second kappa shape index (κ2) is 10.4. The summed E-state index contributed by atoms with van der Waals surface area (Å²) in [5.74, 6) is -0.954. The van der Waals surface area contributed by atoms with Crippen molar-refractivity contribution in [3.05, 3.63) is 71.8 Å². The van der Waals surface area contributed by atoms with E-state index in [1.165, 1.54) is 25.3 Å². The molecule has 2 aromatic carbocycles. The van der Waals surface area contributed by atoms with Gasteiger partial charge in [-0.15, -0.1) is 0 Å². The Morgan fingerprint density at radius 1 is 0.967 bits per heavy atom. The lowest BCUT2D eigenvalue weighted by Crippen LogP contribution is -2.44. The first-order valence-electron chi connectivity index (χ1n) is 10.5. The van der Waals surface area contributed by atoms with Crippen LogP contribution in [0.3, 0.4) is 0 Å². The van der Waals surface area contributed by atoms with Crippen LogP contribution in [0, 0.1) is 11.8 Å². The predicted molar refractivity (Wildman–Crippen MR) is 115 cm³/mol. The SMILES string of the molecule is COC(=O)C[C@H]1CC[C@@H](N(Cc2ccccc2)[C@H](C)c2ccccc2)[C@@H]1C(=O)OC. The molecule has 1 aliphatic carbocycles. The van der Waals surface area contributed by atoms with E-state index in [-0.39, 0.29) is 42.3 Å². The Morgan fingerprint density at radius 2 is 1.60 bits per heavy atom. The molecule has 30 heavy (non-hydrogen) atoms. The molecule has 3 rings (SSSR count). The van der Waals surface area contributed by atoms with Crippen LogP contribution >= 0.6 is 0 Å². The van der Waals surface area contributed by atoms with Crippen LogP contribution in [0.1, 0.15) is 43.4 Å². The third kappa shape index (κ3) is 5.08. The largest absolute Gasteiger partial charge is 0.469 e. The molecule has 5 heteroatoms. The number of methoxy groups -OCH3 is 2. The van der Waals surface area contributed by atoms with Crippen LogP contribution in [-0.4, -0.2) is 37.1 Å². The standard InChI is InChI=1S/C25H31NO4/c1-18(20-12-8-5-9-13-20)26(17-19-10-6-4-7-11-19)22-15-14-21(16-23(27)29-2)24(22)25(28)30-3/h4-13,18,21-22,24H,14-17H2,1-3H3/t18-,21-,22-,24-/m1/s1. The summed E-state index contributed by atoms with van der Waals surface area (Å²) in [6.45, 7) is 2.90. The van der Waals surface area contributed by atoms with E-state index in [0.717, 1.165) is 19.4 Å². The van der Waals surface area contributed by atoms with Crippen LogP contribution in [-0.2, 0) is 25.6 Å². The van der Waals surface area contributed by atoms with Gasteiger partial charge >= 0.3 is 11.9 Å². The molecule has 0 saturated heterocycles. The summed E-state index contributed by atoms with van der Waals surface area (Å²) in [7, 11) is 2.82. The molecular weight excluding hydrogens is 378 g/mol. The average molecular weight is 410 g/mol. The van der Waals surface area contributed by atoms with E-state index in [4.69, 9.17) is 9.47 Å². The number of rotatable bonds is 8. The summed E-state index contributed by atoms with van der Waals surface area (Å²) in [6.07, 6.45) is 1.88. The number of hydrogen-bond acceptors (Lipinski definition) is 5. The zero-order chi connectivity index (χ0) is 21.5. The summed E-state index contributed by atoms with van der Waals surface area (Å²) in [5.41, 5.74) is 2.40. The molecule has 0 bridgehead atoms. The Labute approximate surface area is 179 Å². The lowest BCUT2D eigenvalue weighted by molar-refractivity contribution is -0.151. The van der Waals surface area contributed by atoms with Gasteiger partial charge in [-0.1, -0.05) is 60.7 Å². The van der Waals surface area contributed by atoms with Gasteiger partial charge in [-0.2, -0.15) is 0 Å². The number of benzene rings is 2. The van der Waals surface area contributed by atoms with Crippen molar-refractivity contribution in [3.63, 3.8) is 0 Å². The van der Waals surface area contributed by atoms with Gasteiger partial charge in [0.15, 0.2) is 0 Å². The van der Waals surface area contributed by atoms with Crippen LogP contribution < -0.4 is 0 Å². The Hall–Kier alpha value is -2.66. The molecule has 1 aliphatic rings. The van der Waals surface area contributed by atoms with Gasteiger partial charge in [0.05, 0.1) is 20.1 Å². The fourth-order valence-corrected chi connectivity index (χ4v) is 4.70. The Kier molecular flexibility index (Phi) is 7.63. The molecule has 0 spiro atoms. The minimum Gasteiger partial charge on any atom is -0.469 e. The van der Waals surface area contributed by atoms with E-state index in [9.17, 15) is 9.59 Å². The molecule has 1 fully saturated rings. The molecule has 0 heterocycles. The topological polar surface area (TPSA) is 55.8 Å². The van der Waals surface area contributed by atoms with Crippen molar-refractivity contribution in [1.82, 2.24) is 4.90 Å². The maximum absolute atomic E-state index is 12.8. The molecule has 0 amide bonds. The maximum atomic E-state index is 12.8. The van der Waals surface area contributed by atoms with Crippen molar-refractivity contribution in [2.75, 3.05) is 14.2 Å². The van der Waals surface area contributed by atoms with Gasteiger partial charge < -0.3 is 9.47 Å². The van der Waals surface area contributed by atoms with Gasteiger partial charge in [0.25, 0.3) is 0 Å². The number of carbonyl (C=O) groups excluding carboxylic acids is 2. The summed E-state index contributed by atoms with van der Waals surface area (Å²) in [6, 6.07) is 20.7. The van der Waals surface area contributed by atoms with Gasteiger partial charge in [-0.05, 0) is 36.8 Å². The van der Waals surface area contributed by atoms with Crippen LogP contribution in [0.15, 0.2) is 60.7 Å². The van der Waals surface area contributed by atoms with E-state index in [2.05, 4.69) is 36.1 Å². The highest BCUT2D eigenvalue weighted by molar-refractivity contribution is 5.76. The first-order chi connectivity index (χ1) is 14.5. The smallest absolute Gasteiger partial charge is 0.310 e. The third-order valence-corrected chi connectivity index (χ3v) is 6.30. The monoisotopic (exact) mass is 409 g/mol. The van der Waals surface area contributed by atoms with Crippen LogP contribution in [0.5, 0.6) is 0 Å². The molecule has 0 aromatic heterocycles. The number of nitrogens with zero attached hydrogens (tertiary/aromatic N) is 1. The fourth-order valence-electron chi connectivity index (χ4n) is 4.70. The van der Waals surface area contributed by atoms with Crippen molar-refractivity contribution in [2.24, 2.45) is 11.8 Å². The highest BCUT2D eigenvalue weighted by Gasteiger charge is 2.46. The molecule has 1 saturated carbocycles. The first kappa shape index (κ1) is 22.0. The third-order valence-electron chi connectivity index (χ3n) is 6.30. The van der Waals surface area contributed by atoms with Crippen molar-refractivity contribution in [1.29, 1.82) is 0 Å².